The van der Waals surface area contributed by atoms with Gasteiger partial charge < -0.3 is 15.7 Å². The Kier molecular flexibility index (Phi) is 9.13. The number of rotatable bonds is 8. The minimum absolute atomic E-state index is 0. The van der Waals surface area contributed by atoms with Crippen LogP contribution in [0.25, 0.3) is 10.9 Å². The number of amides is 1. The highest BCUT2D eigenvalue weighted by Gasteiger charge is 2.51. The summed E-state index contributed by atoms with van der Waals surface area (Å²) in [5.74, 6) is 2.60. The Hall–Kier alpha value is -1.11. The summed E-state index contributed by atoms with van der Waals surface area (Å²) in [6.07, 6.45) is 9.40. The summed E-state index contributed by atoms with van der Waals surface area (Å²) >= 11 is 6.52. The first-order chi connectivity index (χ1) is 15.4. The van der Waals surface area contributed by atoms with E-state index in [1.165, 1.54) is 38.5 Å². The number of pyridine rings is 1. The van der Waals surface area contributed by atoms with Crippen LogP contribution < -0.4 is 10.6 Å². The van der Waals surface area contributed by atoms with Gasteiger partial charge in [0.15, 0.2) is 0 Å². The van der Waals surface area contributed by atoms with Crippen molar-refractivity contribution in [1.82, 2.24) is 10.3 Å². The van der Waals surface area contributed by atoms with Gasteiger partial charge in [0.2, 0.25) is 5.91 Å². The first-order valence-electron chi connectivity index (χ1n) is 12.1. The zero-order chi connectivity index (χ0) is 22.3. The molecule has 34 heavy (non-hydrogen) atoms. The van der Waals surface area contributed by atoms with Crippen molar-refractivity contribution < 1.29 is 9.90 Å². The Morgan fingerprint density at radius 1 is 1.12 bits per heavy atom. The van der Waals surface area contributed by atoms with Crippen molar-refractivity contribution in [3.05, 3.63) is 35.0 Å². The molecule has 1 aromatic carbocycles. The smallest absolute Gasteiger partial charge is 0.224 e. The predicted molar refractivity (Wildman–Crippen MR) is 143 cm³/mol. The monoisotopic (exact) mass is 527 g/mol. The molecule has 188 valence electrons. The molecule has 4 saturated carbocycles. The first-order valence-corrected chi connectivity index (χ1v) is 12.5. The van der Waals surface area contributed by atoms with Crippen molar-refractivity contribution in [3.63, 3.8) is 0 Å². The summed E-state index contributed by atoms with van der Waals surface area (Å²) in [7, 11) is 1.83. The topological polar surface area (TPSA) is 74.2 Å². The normalized spacial score (nSPS) is 27.7. The molecule has 0 unspecified atom stereocenters. The number of hydrogen-bond donors (Lipinski definition) is 3. The maximum Gasteiger partial charge on any atom is 0.224 e. The molecule has 4 aliphatic carbocycles. The number of aryl methyl sites for hydroxylation is 1. The third kappa shape index (κ3) is 5.82. The molecule has 5 nitrogen and oxygen atoms in total. The molecule has 1 heterocycles. The average molecular weight is 529 g/mol. The Labute approximate surface area is 219 Å². The second kappa shape index (κ2) is 11.3. The molecule has 1 atom stereocenters. The van der Waals surface area contributed by atoms with Crippen LogP contribution in [0.2, 0.25) is 5.02 Å². The lowest BCUT2D eigenvalue weighted by molar-refractivity contribution is -0.124. The highest BCUT2D eigenvalue weighted by molar-refractivity contribution is 6.35. The van der Waals surface area contributed by atoms with Gasteiger partial charge in [0.05, 0.1) is 22.3 Å². The lowest BCUT2D eigenvalue weighted by atomic mass is 9.49. The fourth-order valence-corrected chi connectivity index (χ4v) is 7.38. The number of halogens is 3. The van der Waals surface area contributed by atoms with Crippen LogP contribution in [-0.4, -0.2) is 35.7 Å². The standard InChI is InChI=1S/C26H34ClN3O2.2ClH/c1-28-15-20(31)4-2-19-3-5-21-23(29-19)7-6-22(27)25(21)30-24(32)14-26-11-16-8-17(12-26)10-18(9-16)13-26;;/h3,5-7,16-18,20,28,31H,2,4,8-15H2,1H3,(H,30,32);2*1H/t16?,17?,18?,20-,26?;;/m1../s1. The molecule has 6 rings (SSSR count). The zero-order valence-electron chi connectivity index (χ0n) is 19.7. The van der Waals surface area contributed by atoms with E-state index in [0.29, 0.717) is 36.5 Å². The van der Waals surface area contributed by atoms with E-state index in [1.54, 1.807) is 0 Å². The molecular formula is C26H36Cl3N3O2. The number of carbonyl (C=O) groups excluding carboxylic acids is 1. The molecule has 0 saturated heterocycles. The summed E-state index contributed by atoms with van der Waals surface area (Å²) in [6.45, 7) is 0.573. The number of fused-ring (bicyclic) bond motifs is 1. The van der Waals surface area contributed by atoms with E-state index < -0.39 is 0 Å². The quantitative estimate of drug-likeness (QED) is 0.405. The number of hydrogen-bond acceptors (Lipinski definition) is 4. The Morgan fingerprint density at radius 3 is 2.38 bits per heavy atom. The third-order valence-corrected chi connectivity index (χ3v) is 8.33. The van der Waals surface area contributed by atoms with E-state index in [2.05, 4.69) is 10.6 Å². The molecule has 1 aromatic heterocycles. The molecule has 2 aromatic rings. The molecule has 0 aliphatic heterocycles. The first kappa shape index (κ1) is 27.5. The predicted octanol–water partition coefficient (Wildman–Crippen LogP) is 5.79. The molecule has 4 fully saturated rings. The summed E-state index contributed by atoms with van der Waals surface area (Å²) in [5.41, 5.74) is 2.63. The third-order valence-electron chi connectivity index (χ3n) is 8.02. The van der Waals surface area contributed by atoms with Gasteiger partial charge in [-0.2, -0.15) is 0 Å². The molecule has 8 heteroatoms. The van der Waals surface area contributed by atoms with Gasteiger partial charge in [0, 0.05) is 24.0 Å². The van der Waals surface area contributed by atoms with Crippen LogP contribution in [0, 0.1) is 23.2 Å². The Morgan fingerprint density at radius 2 is 1.76 bits per heavy atom. The average Bonchev–Trinajstić information content (AvgIpc) is 2.73. The highest BCUT2D eigenvalue weighted by Crippen LogP contribution is 2.61. The number of nitrogens with zero attached hydrogens (tertiary/aromatic N) is 1. The van der Waals surface area contributed by atoms with Crippen LogP contribution in [0.4, 0.5) is 5.69 Å². The number of aliphatic hydroxyl groups is 1. The number of carbonyl (C=O) groups is 1. The maximum absolute atomic E-state index is 13.2. The van der Waals surface area contributed by atoms with Crippen LogP contribution in [0.15, 0.2) is 24.3 Å². The van der Waals surface area contributed by atoms with E-state index in [9.17, 15) is 9.90 Å². The van der Waals surface area contributed by atoms with Crippen LogP contribution in [0.1, 0.15) is 57.1 Å². The van der Waals surface area contributed by atoms with Crippen molar-refractivity contribution in [3.8, 4) is 0 Å². The lowest BCUT2D eigenvalue weighted by Crippen LogP contribution is -2.47. The lowest BCUT2D eigenvalue weighted by Gasteiger charge is -2.56. The Bertz CT molecular complexity index is 981. The van der Waals surface area contributed by atoms with Crippen molar-refractivity contribution in [1.29, 1.82) is 0 Å². The van der Waals surface area contributed by atoms with Crippen LogP contribution in [0.5, 0.6) is 0 Å². The second-order valence-corrected chi connectivity index (χ2v) is 11.1. The SMILES string of the molecule is CNC[C@H](O)CCc1ccc2c(NC(=O)CC34CC5CC(CC(C5)C3)C4)c(Cl)ccc2n1.Cl.Cl. The van der Waals surface area contributed by atoms with E-state index >= 15 is 0 Å². The van der Waals surface area contributed by atoms with Gasteiger partial charge in [-0.15, -0.1) is 24.8 Å². The van der Waals surface area contributed by atoms with Gasteiger partial charge in [0.1, 0.15) is 0 Å². The minimum atomic E-state index is -0.387. The summed E-state index contributed by atoms with van der Waals surface area (Å²) in [4.78, 5) is 17.9. The van der Waals surface area contributed by atoms with Crippen molar-refractivity contribution in [2.45, 2.75) is 63.9 Å². The summed E-state index contributed by atoms with van der Waals surface area (Å²) in [6, 6.07) is 7.69. The maximum atomic E-state index is 13.2. The minimum Gasteiger partial charge on any atom is -0.392 e. The summed E-state index contributed by atoms with van der Waals surface area (Å²) < 4.78 is 0. The molecule has 3 N–H and O–H groups in total. The second-order valence-electron chi connectivity index (χ2n) is 10.7. The fourth-order valence-electron chi connectivity index (χ4n) is 7.17. The molecular weight excluding hydrogens is 493 g/mol. The number of benzene rings is 1. The van der Waals surface area contributed by atoms with Gasteiger partial charge in [-0.3, -0.25) is 9.78 Å². The number of aliphatic hydroxyl groups excluding tert-OH is 1. The number of anilines is 1. The highest BCUT2D eigenvalue weighted by atomic mass is 35.5. The fraction of sp³-hybridized carbons (Fsp3) is 0.615. The van der Waals surface area contributed by atoms with E-state index in [4.69, 9.17) is 16.6 Å². The molecule has 0 spiro atoms. The van der Waals surface area contributed by atoms with Crippen LogP contribution in [0.3, 0.4) is 0 Å². The van der Waals surface area contributed by atoms with Gasteiger partial charge in [-0.05, 0) is 106 Å². The number of nitrogens with one attached hydrogen (secondary N) is 2. The van der Waals surface area contributed by atoms with Crippen LogP contribution in [-0.2, 0) is 11.2 Å². The van der Waals surface area contributed by atoms with E-state index in [0.717, 1.165) is 34.4 Å². The van der Waals surface area contributed by atoms with E-state index in [-0.39, 0.29) is 42.2 Å². The molecule has 4 bridgehead atoms. The van der Waals surface area contributed by atoms with Crippen molar-refractivity contribution in [2.24, 2.45) is 23.2 Å². The van der Waals surface area contributed by atoms with Crippen LogP contribution >= 0.6 is 36.4 Å². The van der Waals surface area contributed by atoms with Gasteiger partial charge in [0.25, 0.3) is 0 Å². The van der Waals surface area contributed by atoms with Gasteiger partial charge in [-0.1, -0.05) is 11.6 Å². The zero-order valence-corrected chi connectivity index (χ0v) is 22.1. The summed E-state index contributed by atoms with van der Waals surface area (Å²) in [5, 5.41) is 17.5. The largest absolute Gasteiger partial charge is 0.392 e. The van der Waals surface area contributed by atoms with Crippen molar-refractivity contribution in [2.75, 3.05) is 18.9 Å². The molecule has 0 radical (unpaired) electrons. The molecule has 1 amide bonds. The van der Waals surface area contributed by atoms with Crippen molar-refractivity contribution >= 4 is 58.9 Å². The van der Waals surface area contributed by atoms with E-state index in [1.807, 2.05) is 31.3 Å². The number of aromatic nitrogens is 1. The van der Waals surface area contributed by atoms with Gasteiger partial charge >= 0.3 is 0 Å². The molecule has 4 aliphatic rings. The number of likely N-dealkylation sites (N-methyl/N-ethyl adjacent to an activating group) is 1. The Balaban J connectivity index is 0.00000162. The van der Waals surface area contributed by atoms with Gasteiger partial charge in [-0.25, -0.2) is 0 Å².